The monoisotopic (exact) mass is 493 g/mol. The molecule has 180 valence electrons. The largest absolute Gasteiger partial charge is 0.494 e. The molecule has 0 aromatic heterocycles. The average molecular weight is 494 g/mol. The number of amides is 2. The fourth-order valence-electron chi connectivity index (χ4n) is 2.78. The number of benzene rings is 3. The molecule has 0 spiro atoms. The van der Waals surface area contributed by atoms with Gasteiger partial charge < -0.3 is 14.8 Å². The summed E-state index contributed by atoms with van der Waals surface area (Å²) in [5.74, 6) is -0.302. The molecule has 3 rings (SSSR count). The first-order chi connectivity index (χ1) is 16.9. The highest BCUT2D eigenvalue weighted by molar-refractivity contribution is 6.30. The molecular formula is C26H24ClN3O5. The van der Waals surface area contributed by atoms with Crippen LogP contribution < -0.4 is 20.2 Å². The molecule has 3 aromatic carbocycles. The fourth-order valence-corrected chi connectivity index (χ4v) is 2.90. The lowest BCUT2D eigenvalue weighted by atomic mass is 10.2. The van der Waals surface area contributed by atoms with Crippen molar-refractivity contribution in [3.63, 3.8) is 0 Å². The maximum atomic E-state index is 12.3. The van der Waals surface area contributed by atoms with Crippen molar-refractivity contribution in [1.82, 2.24) is 10.7 Å². The van der Waals surface area contributed by atoms with Crippen LogP contribution >= 0.6 is 11.6 Å². The summed E-state index contributed by atoms with van der Waals surface area (Å²) < 4.78 is 10.9. The van der Waals surface area contributed by atoms with Crippen LogP contribution in [0, 0.1) is 0 Å². The first-order valence-electron chi connectivity index (χ1n) is 10.9. The second kappa shape index (κ2) is 12.9. The lowest BCUT2D eigenvalue weighted by Crippen LogP contribution is -2.34. The Bertz CT molecular complexity index is 1180. The van der Waals surface area contributed by atoms with E-state index in [4.69, 9.17) is 21.1 Å². The first kappa shape index (κ1) is 25.5. The Labute approximate surface area is 207 Å². The third kappa shape index (κ3) is 8.28. The van der Waals surface area contributed by atoms with E-state index in [1.807, 2.05) is 6.92 Å². The van der Waals surface area contributed by atoms with E-state index in [0.29, 0.717) is 39.8 Å². The summed E-state index contributed by atoms with van der Waals surface area (Å²) in [6.07, 6.45) is 2.33. The molecule has 0 aliphatic rings. The van der Waals surface area contributed by atoms with Crippen LogP contribution in [-0.2, 0) is 4.79 Å². The Morgan fingerprint density at radius 3 is 2.17 bits per heavy atom. The van der Waals surface area contributed by atoms with Crippen molar-refractivity contribution in [3.05, 3.63) is 94.5 Å². The number of hydrogen-bond donors (Lipinski definition) is 2. The number of hydrazone groups is 1. The van der Waals surface area contributed by atoms with Crippen LogP contribution in [0.25, 0.3) is 0 Å². The van der Waals surface area contributed by atoms with E-state index in [0.717, 1.165) is 6.42 Å². The highest BCUT2D eigenvalue weighted by Gasteiger charge is 2.09. The molecule has 2 amide bonds. The number of hydrogen-bond acceptors (Lipinski definition) is 6. The van der Waals surface area contributed by atoms with E-state index in [2.05, 4.69) is 15.8 Å². The molecule has 0 heterocycles. The first-order valence-corrected chi connectivity index (χ1v) is 11.2. The van der Waals surface area contributed by atoms with Crippen LogP contribution in [0.1, 0.15) is 39.6 Å². The highest BCUT2D eigenvalue weighted by Crippen LogP contribution is 2.16. The van der Waals surface area contributed by atoms with Gasteiger partial charge in [0.05, 0.1) is 24.9 Å². The summed E-state index contributed by atoms with van der Waals surface area (Å²) in [5.41, 5.74) is 3.81. The van der Waals surface area contributed by atoms with Crippen molar-refractivity contribution in [1.29, 1.82) is 0 Å². The smallest absolute Gasteiger partial charge is 0.343 e. The number of ether oxygens (including phenoxy) is 2. The lowest BCUT2D eigenvalue weighted by Gasteiger charge is -2.07. The minimum absolute atomic E-state index is 0.237. The highest BCUT2D eigenvalue weighted by atomic mass is 35.5. The third-order valence-corrected chi connectivity index (χ3v) is 4.82. The summed E-state index contributed by atoms with van der Waals surface area (Å²) >= 11 is 5.79. The molecule has 2 N–H and O–H groups in total. The Morgan fingerprint density at radius 2 is 1.51 bits per heavy atom. The van der Waals surface area contributed by atoms with E-state index in [9.17, 15) is 14.4 Å². The quantitative estimate of drug-likeness (QED) is 0.190. The SMILES string of the molecule is CCCOc1ccc(C(=O)Oc2ccc(/C=N\NC(=O)CNC(=O)c3ccc(Cl)cc3)cc2)cc1. The van der Waals surface area contributed by atoms with Crippen LogP contribution in [0.15, 0.2) is 77.9 Å². The van der Waals surface area contributed by atoms with Crippen molar-refractivity contribution in [2.75, 3.05) is 13.2 Å². The van der Waals surface area contributed by atoms with Gasteiger partial charge in [-0.05, 0) is 84.8 Å². The maximum Gasteiger partial charge on any atom is 0.343 e. The maximum absolute atomic E-state index is 12.3. The molecule has 9 heteroatoms. The molecule has 35 heavy (non-hydrogen) atoms. The predicted molar refractivity (Wildman–Crippen MR) is 133 cm³/mol. The van der Waals surface area contributed by atoms with Gasteiger partial charge in [-0.3, -0.25) is 9.59 Å². The predicted octanol–water partition coefficient (Wildman–Crippen LogP) is 4.23. The Kier molecular flexibility index (Phi) is 9.39. The lowest BCUT2D eigenvalue weighted by molar-refractivity contribution is -0.120. The van der Waals surface area contributed by atoms with E-state index >= 15 is 0 Å². The number of nitrogens with zero attached hydrogens (tertiary/aromatic N) is 1. The van der Waals surface area contributed by atoms with Gasteiger partial charge in [-0.25, -0.2) is 10.2 Å². The molecule has 0 fully saturated rings. The molecule has 0 atom stereocenters. The topological polar surface area (TPSA) is 106 Å². The zero-order valence-electron chi connectivity index (χ0n) is 19.0. The molecular weight excluding hydrogens is 470 g/mol. The van der Waals surface area contributed by atoms with Gasteiger partial charge >= 0.3 is 5.97 Å². The zero-order chi connectivity index (χ0) is 25.0. The molecule has 3 aromatic rings. The summed E-state index contributed by atoms with van der Waals surface area (Å²) in [5, 5.41) is 6.87. The van der Waals surface area contributed by atoms with Crippen molar-refractivity contribution in [2.45, 2.75) is 13.3 Å². The van der Waals surface area contributed by atoms with Gasteiger partial charge in [-0.15, -0.1) is 0 Å². The molecule has 0 aliphatic carbocycles. The third-order valence-electron chi connectivity index (χ3n) is 4.57. The van der Waals surface area contributed by atoms with Crippen molar-refractivity contribution in [3.8, 4) is 11.5 Å². The number of rotatable bonds is 10. The average Bonchev–Trinajstić information content (AvgIpc) is 2.87. The van der Waals surface area contributed by atoms with Gasteiger partial charge in [-0.2, -0.15) is 5.10 Å². The number of carbonyl (C=O) groups is 3. The normalized spacial score (nSPS) is 10.6. The second-order valence-corrected chi connectivity index (χ2v) is 7.75. The molecule has 0 saturated carbocycles. The molecule has 0 aliphatic heterocycles. The van der Waals surface area contributed by atoms with Gasteiger partial charge in [0.1, 0.15) is 11.5 Å². The van der Waals surface area contributed by atoms with Crippen LogP contribution in [0.2, 0.25) is 5.02 Å². The Hall–Kier alpha value is -4.17. The molecule has 0 unspecified atom stereocenters. The molecule has 0 radical (unpaired) electrons. The van der Waals surface area contributed by atoms with Gasteiger partial charge in [0.25, 0.3) is 11.8 Å². The van der Waals surface area contributed by atoms with Gasteiger partial charge in [0.2, 0.25) is 0 Å². The van der Waals surface area contributed by atoms with Gasteiger partial charge in [0, 0.05) is 10.6 Å². The van der Waals surface area contributed by atoms with E-state index in [1.165, 1.54) is 6.21 Å². The van der Waals surface area contributed by atoms with Crippen LogP contribution in [0.4, 0.5) is 0 Å². The Morgan fingerprint density at radius 1 is 0.886 bits per heavy atom. The van der Waals surface area contributed by atoms with Gasteiger partial charge in [-0.1, -0.05) is 18.5 Å². The number of nitrogens with one attached hydrogen (secondary N) is 2. The summed E-state index contributed by atoms with van der Waals surface area (Å²) in [6.45, 7) is 2.40. The van der Waals surface area contributed by atoms with Crippen LogP contribution in [0.3, 0.4) is 0 Å². The van der Waals surface area contributed by atoms with Crippen molar-refractivity contribution < 1.29 is 23.9 Å². The minimum Gasteiger partial charge on any atom is -0.494 e. The van der Waals surface area contributed by atoms with E-state index in [1.54, 1.807) is 72.8 Å². The zero-order valence-corrected chi connectivity index (χ0v) is 19.7. The van der Waals surface area contributed by atoms with Crippen molar-refractivity contribution >= 4 is 35.6 Å². The van der Waals surface area contributed by atoms with E-state index < -0.39 is 17.8 Å². The number of esters is 1. The molecule has 8 nitrogen and oxygen atoms in total. The molecule has 0 bridgehead atoms. The van der Waals surface area contributed by atoms with Crippen molar-refractivity contribution in [2.24, 2.45) is 5.10 Å². The number of carbonyl (C=O) groups excluding carboxylic acids is 3. The summed E-state index contributed by atoms with van der Waals surface area (Å²) in [4.78, 5) is 36.2. The fraction of sp³-hybridized carbons (Fsp3) is 0.154. The van der Waals surface area contributed by atoms with Gasteiger partial charge in [0.15, 0.2) is 0 Å². The minimum atomic E-state index is -0.486. The Balaban J connectivity index is 1.43. The molecule has 0 saturated heterocycles. The standard InChI is InChI=1S/C26H24ClN3O5/c1-2-15-34-22-13-7-20(8-14-22)26(33)35-23-11-3-18(4-12-23)16-29-30-24(31)17-28-25(32)19-5-9-21(27)10-6-19/h3-14,16H,2,15,17H2,1H3,(H,28,32)(H,30,31)/b29-16-. The van der Waals surface area contributed by atoms with E-state index in [-0.39, 0.29) is 6.54 Å². The second-order valence-electron chi connectivity index (χ2n) is 7.31. The van der Waals surface area contributed by atoms with Crippen LogP contribution in [0.5, 0.6) is 11.5 Å². The summed E-state index contributed by atoms with van der Waals surface area (Å²) in [6, 6.07) is 19.7. The summed E-state index contributed by atoms with van der Waals surface area (Å²) in [7, 11) is 0. The van der Waals surface area contributed by atoms with Crippen LogP contribution in [-0.4, -0.2) is 37.1 Å². The number of halogens is 1.